The van der Waals surface area contributed by atoms with Crippen molar-refractivity contribution < 1.29 is 4.79 Å². The van der Waals surface area contributed by atoms with Gasteiger partial charge in [0.2, 0.25) is 0 Å². The van der Waals surface area contributed by atoms with Crippen LogP contribution in [0.15, 0.2) is 36.5 Å². The fraction of sp³-hybridized carbons (Fsp3) is 0.353. The molecule has 0 radical (unpaired) electrons. The van der Waals surface area contributed by atoms with Crippen molar-refractivity contribution in [3.63, 3.8) is 0 Å². The fourth-order valence-electron chi connectivity index (χ4n) is 3.22. The second kappa shape index (κ2) is 7.04. The van der Waals surface area contributed by atoms with Crippen molar-refractivity contribution >= 4 is 5.91 Å². The molecule has 3 heterocycles. The number of carbonyl (C=O) groups excluding carboxylic acids is 1. The van der Waals surface area contributed by atoms with E-state index in [4.69, 9.17) is 5.73 Å². The van der Waals surface area contributed by atoms with Crippen LogP contribution in [-0.4, -0.2) is 54.1 Å². The van der Waals surface area contributed by atoms with E-state index in [0.29, 0.717) is 37.0 Å². The second-order valence-corrected chi connectivity index (χ2v) is 6.22. The van der Waals surface area contributed by atoms with Crippen LogP contribution in [0.2, 0.25) is 0 Å². The van der Waals surface area contributed by atoms with Gasteiger partial charge in [-0.25, -0.2) is 4.98 Å². The lowest BCUT2D eigenvalue weighted by molar-refractivity contribution is 0.0724. The van der Waals surface area contributed by atoms with Crippen LogP contribution in [0.3, 0.4) is 0 Å². The van der Waals surface area contributed by atoms with Gasteiger partial charge in [-0.1, -0.05) is 35.5 Å². The van der Waals surface area contributed by atoms with Gasteiger partial charge in [-0.05, 0) is 12.8 Å². The van der Waals surface area contributed by atoms with E-state index >= 15 is 0 Å². The number of rotatable bonds is 5. The number of nitrogens with one attached hydrogen (secondary N) is 1. The quantitative estimate of drug-likeness (QED) is 0.707. The summed E-state index contributed by atoms with van der Waals surface area (Å²) >= 11 is 0. The number of likely N-dealkylation sites (tertiary alicyclic amines) is 1. The molecule has 1 atom stereocenters. The zero-order valence-electron chi connectivity index (χ0n) is 14.2. The first-order chi connectivity index (χ1) is 12.8. The van der Waals surface area contributed by atoms with Gasteiger partial charge < -0.3 is 10.6 Å². The van der Waals surface area contributed by atoms with Gasteiger partial charge in [0.05, 0.1) is 18.8 Å². The molecule has 3 aromatic rings. The average Bonchev–Trinajstić information content (AvgIpc) is 3.42. The number of nitrogens with two attached hydrogens (primary N) is 1. The first-order valence-corrected chi connectivity index (χ1v) is 8.65. The molecular weight excluding hydrogens is 332 g/mol. The van der Waals surface area contributed by atoms with Crippen LogP contribution < -0.4 is 5.73 Å². The van der Waals surface area contributed by atoms with E-state index in [0.717, 1.165) is 18.4 Å². The Bertz CT molecular complexity index is 887. The topological polar surface area (TPSA) is 119 Å². The first-order valence-electron chi connectivity index (χ1n) is 8.65. The van der Waals surface area contributed by atoms with Crippen LogP contribution in [0, 0.1) is 0 Å². The molecule has 1 unspecified atom stereocenters. The number of aromatic nitrogens is 6. The van der Waals surface area contributed by atoms with E-state index in [2.05, 4.69) is 25.5 Å². The molecule has 1 aliphatic heterocycles. The van der Waals surface area contributed by atoms with E-state index in [-0.39, 0.29) is 11.9 Å². The molecule has 1 saturated heterocycles. The monoisotopic (exact) mass is 352 g/mol. The lowest BCUT2D eigenvalue weighted by atomic mass is 10.2. The van der Waals surface area contributed by atoms with Crippen molar-refractivity contribution in [2.75, 3.05) is 13.1 Å². The Kier molecular flexibility index (Phi) is 4.44. The van der Waals surface area contributed by atoms with Gasteiger partial charge in [-0.3, -0.25) is 14.6 Å². The van der Waals surface area contributed by atoms with Crippen molar-refractivity contribution in [1.29, 1.82) is 0 Å². The minimum Gasteiger partial charge on any atom is -0.329 e. The average molecular weight is 352 g/mol. The maximum Gasteiger partial charge on any atom is 0.276 e. The Labute approximate surface area is 150 Å². The highest BCUT2D eigenvalue weighted by Gasteiger charge is 2.34. The summed E-state index contributed by atoms with van der Waals surface area (Å²) in [5, 5.41) is 15.2. The lowest BCUT2D eigenvalue weighted by Crippen LogP contribution is -2.31. The number of benzene rings is 1. The SMILES string of the molecule is NCCn1cc(C(=O)N2CCCC2c2nc(-c3ccccc3)n[nH]2)nn1. The summed E-state index contributed by atoms with van der Waals surface area (Å²) in [6.45, 7) is 1.64. The molecule has 26 heavy (non-hydrogen) atoms. The molecule has 1 aromatic carbocycles. The van der Waals surface area contributed by atoms with E-state index in [9.17, 15) is 4.79 Å². The van der Waals surface area contributed by atoms with Crippen molar-refractivity contribution in [3.05, 3.63) is 48.0 Å². The zero-order chi connectivity index (χ0) is 17.9. The van der Waals surface area contributed by atoms with Gasteiger partial charge in [0.1, 0.15) is 5.82 Å². The molecule has 0 saturated carbocycles. The number of hydrogen-bond donors (Lipinski definition) is 2. The number of amides is 1. The van der Waals surface area contributed by atoms with Crippen molar-refractivity contribution in [3.8, 4) is 11.4 Å². The number of H-pyrrole nitrogens is 1. The molecule has 3 N–H and O–H groups in total. The van der Waals surface area contributed by atoms with Gasteiger partial charge in [0.25, 0.3) is 5.91 Å². The summed E-state index contributed by atoms with van der Waals surface area (Å²) in [5.41, 5.74) is 6.78. The molecule has 0 bridgehead atoms. The lowest BCUT2D eigenvalue weighted by Gasteiger charge is -2.21. The molecule has 4 rings (SSSR count). The maximum atomic E-state index is 12.8. The van der Waals surface area contributed by atoms with E-state index in [1.54, 1.807) is 15.8 Å². The molecule has 0 aliphatic carbocycles. The standard InChI is InChI=1S/C17H20N8O/c18-8-10-24-11-13(20-23-24)17(26)25-9-4-7-14(25)16-19-15(21-22-16)12-5-2-1-3-6-12/h1-3,5-6,11,14H,4,7-10,18H2,(H,19,21,22). The summed E-state index contributed by atoms with van der Waals surface area (Å²) in [6, 6.07) is 9.63. The van der Waals surface area contributed by atoms with Crippen molar-refractivity contribution in [2.45, 2.75) is 25.4 Å². The largest absolute Gasteiger partial charge is 0.329 e. The van der Waals surface area contributed by atoms with Gasteiger partial charge in [0, 0.05) is 18.7 Å². The van der Waals surface area contributed by atoms with Crippen LogP contribution in [0.1, 0.15) is 35.2 Å². The second-order valence-electron chi connectivity index (χ2n) is 6.22. The van der Waals surface area contributed by atoms with Gasteiger partial charge in [0.15, 0.2) is 11.5 Å². The van der Waals surface area contributed by atoms with Crippen LogP contribution in [0.4, 0.5) is 0 Å². The number of aromatic amines is 1. The number of hydrogen-bond acceptors (Lipinski definition) is 6. The molecule has 0 spiro atoms. The highest BCUT2D eigenvalue weighted by Crippen LogP contribution is 2.31. The molecule has 9 heteroatoms. The third-order valence-corrected chi connectivity index (χ3v) is 4.48. The van der Waals surface area contributed by atoms with Gasteiger partial charge >= 0.3 is 0 Å². The predicted molar refractivity (Wildman–Crippen MR) is 93.9 cm³/mol. The van der Waals surface area contributed by atoms with Crippen LogP contribution in [0.5, 0.6) is 0 Å². The number of carbonyl (C=O) groups is 1. The fourth-order valence-corrected chi connectivity index (χ4v) is 3.22. The maximum absolute atomic E-state index is 12.8. The molecule has 1 fully saturated rings. The Morgan fingerprint density at radius 3 is 2.96 bits per heavy atom. The number of nitrogens with zero attached hydrogens (tertiary/aromatic N) is 6. The smallest absolute Gasteiger partial charge is 0.276 e. The Morgan fingerprint density at radius 1 is 1.31 bits per heavy atom. The van der Waals surface area contributed by atoms with Crippen molar-refractivity contribution in [2.24, 2.45) is 5.73 Å². The van der Waals surface area contributed by atoms with Gasteiger partial charge in [-0.2, -0.15) is 5.10 Å². The van der Waals surface area contributed by atoms with Crippen LogP contribution >= 0.6 is 0 Å². The summed E-state index contributed by atoms with van der Waals surface area (Å²) in [6.07, 6.45) is 3.39. The normalized spacial score (nSPS) is 17.0. The van der Waals surface area contributed by atoms with E-state index < -0.39 is 0 Å². The molecule has 2 aromatic heterocycles. The Hall–Kier alpha value is -3.07. The van der Waals surface area contributed by atoms with Gasteiger partial charge in [-0.15, -0.1) is 5.10 Å². The molecule has 9 nitrogen and oxygen atoms in total. The third kappa shape index (κ3) is 3.08. The highest BCUT2D eigenvalue weighted by molar-refractivity contribution is 5.92. The highest BCUT2D eigenvalue weighted by atomic mass is 16.2. The summed E-state index contributed by atoms with van der Waals surface area (Å²) < 4.78 is 1.58. The van der Waals surface area contributed by atoms with E-state index in [1.807, 2.05) is 30.3 Å². The zero-order valence-corrected chi connectivity index (χ0v) is 14.2. The third-order valence-electron chi connectivity index (χ3n) is 4.48. The predicted octanol–water partition coefficient (Wildman–Crippen LogP) is 0.999. The van der Waals surface area contributed by atoms with Crippen molar-refractivity contribution in [1.82, 2.24) is 35.1 Å². The summed E-state index contributed by atoms with van der Waals surface area (Å²) in [7, 11) is 0. The molecule has 134 valence electrons. The first kappa shape index (κ1) is 16.4. The van der Waals surface area contributed by atoms with E-state index in [1.165, 1.54) is 0 Å². The molecule has 1 amide bonds. The Morgan fingerprint density at radius 2 is 2.15 bits per heavy atom. The Balaban J connectivity index is 1.55. The minimum absolute atomic E-state index is 0.132. The summed E-state index contributed by atoms with van der Waals surface area (Å²) in [5.74, 6) is 1.19. The summed E-state index contributed by atoms with van der Waals surface area (Å²) in [4.78, 5) is 19.2. The molecular formula is C17H20N8O. The molecule has 1 aliphatic rings. The minimum atomic E-state index is -0.145. The van der Waals surface area contributed by atoms with Crippen LogP contribution in [0.25, 0.3) is 11.4 Å². The van der Waals surface area contributed by atoms with Crippen LogP contribution in [-0.2, 0) is 6.54 Å².